The molecular weight excluding hydrogens is 471 g/mol. The zero-order valence-corrected chi connectivity index (χ0v) is 24.7. The summed E-state index contributed by atoms with van der Waals surface area (Å²) in [6.07, 6.45) is 10.8. The van der Waals surface area contributed by atoms with E-state index in [4.69, 9.17) is 4.74 Å². The fourth-order valence-corrected chi connectivity index (χ4v) is 8.79. The third kappa shape index (κ3) is 9.29. The predicted octanol–water partition coefficient (Wildman–Crippen LogP) is 7.02. The molecule has 203 valence electrons. The van der Waals surface area contributed by atoms with Gasteiger partial charge >= 0.3 is 171 Å². The second kappa shape index (κ2) is 11.8. The number of hydrogen-bond donors (Lipinski definition) is 1. The molecule has 2 rings (SSSR count). The number of ether oxygens (including phenoxy) is 1. The van der Waals surface area contributed by atoms with Crippen LogP contribution in [0.25, 0.3) is 0 Å². The molecule has 2 saturated heterocycles. The number of carbonyl (C=O) groups is 1. The van der Waals surface area contributed by atoms with Gasteiger partial charge in [-0.25, -0.2) is 0 Å². The van der Waals surface area contributed by atoms with Crippen molar-refractivity contribution in [1.29, 1.82) is 0 Å². The average Bonchev–Trinajstić information content (AvgIpc) is 2.64. The van der Waals surface area contributed by atoms with Crippen molar-refractivity contribution in [1.82, 2.24) is 10.2 Å². The van der Waals surface area contributed by atoms with Gasteiger partial charge in [0.2, 0.25) is 0 Å². The SMILES string of the molecule is CN1C(C)(C)C[CH]([Co](=[O])[CH2]CCCCCCCC(=O)OC2CC(C)(C)NC(C)(C)C2)CC1(C)C. The minimum atomic E-state index is -1.11. The Hall–Kier alpha value is -0.304. The molecule has 2 heterocycles. The molecule has 1 N–H and O–H groups in total. The Morgan fingerprint density at radius 1 is 0.824 bits per heavy atom. The van der Waals surface area contributed by atoms with E-state index in [2.05, 4.69) is 72.7 Å². The Kier molecular flexibility index (Phi) is 10.4. The molecule has 0 saturated carbocycles. The Morgan fingerprint density at radius 2 is 1.29 bits per heavy atom. The molecule has 0 unspecified atom stereocenters. The van der Waals surface area contributed by atoms with Gasteiger partial charge in [-0.05, 0) is 27.7 Å². The molecule has 6 heteroatoms. The average molecular weight is 526 g/mol. The molecule has 2 fully saturated rings. The van der Waals surface area contributed by atoms with Crippen LogP contribution in [0.2, 0.25) is 10.2 Å². The summed E-state index contributed by atoms with van der Waals surface area (Å²) in [7, 11) is 2.21. The first-order valence-electron chi connectivity index (χ1n) is 13.5. The molecule has 2 aliphatic rings. The number of rotatable bonds is 11. The van der Waals surface area contributed by atoms with Crippen LogP contribution in [0.5, 0.6) is 0 Å². The molecule has 0 aromatic heterocycles. The number of hydrogen-bond acceptors (Lipinski definition) is 5. The number of piperidine rings is 2. The Morgan fingerprint density at radius 3 is 1.82 bits per heavy atom. The van der Waals surface area contributed by atoms with Crippen LogP contribution < -0.4 is 5.32 Å². The normalized spacial score (nSPS) is 25.1. The van der Waals surface area contributed by atoms with E-state index in [9.17, 15) is 8.66 Å². The summed E-state index contributed by atoms with van der Waals surface area (Å²) in [5.41, 5.74) is 0.212. The zero-order valence-electron chi connectivity index (χ0n) is 23.6. The van der Waals surface area contributed by atoms with Crippen molar-refractivity contribution in [2.75, 3.05) is 7.05 Å². The number of nitrogens with zero attached hydrogens (tertiary/aromatic N) is 1. The van der Waals surface area contributed by atoms with Crippen molar-refractivity contribution in [2.24, 2.45) is 0 Å². The standard InChI is InChI=1S/C18H34NO2.C10H20N.Co.O/c1-6-7-8-9-10-11-12-16(20)21-15-13-17(2,3)19-18(4,5)14-15;1-9(2)7-6-8-10(3,4)11(9)5;;/h15,19H,1,6-14H2,2-5H3;6H,7-8H2,1-5H3;;. The minimum absolute atomic E-state index is 0.00315. The first-order chi connectivity index (χ1) is 15.5. The Labute approximate surface area is 214 Å². The van der Waals surface area contributed by atoms with Crippen LogP contribution in [0.15, 0.2) is 0 Å². The van der Waals surface area contributed by atoms with Crippen LogP contribution in [0.1, 0.15) is 126 Å². The summed E-state index contributed by atoms with van der Waals surface area (Å²) in [5.74, 6) is -0.0422. The van der Waals surface area contributed by atoms with Gasteiger partial charge in [0.25, 0.3) is 0 Å². The van der Waals surface area contributed by atoms with Gasteiger partial charge in [-0.3, -0.25) is 0 Å². The van der Waals surface area contributed by atoms with Crippen LogP contribution in [0, 0.1) is 0 Å². The van der Waals surface area contributed by atoms with E-state index in [0.29, 0.717) is 11.3 Å². The fourth-order valence-electron chi connectivity index (χ4n) is 6.23. The van der Waals surface area contributed by atoms with Crippen LogP contribution in [0.4, 0.5) is 0 Å². The van der Waals surface area contributed by atoms with Crippen molar-refractivity contribution in [3.63, 3.8) is 0 Å². The van der Waals surface area contributed by atoms with Gasteiger partial charge < -0.3 is 5.32 Å². The first-order valence-corrected chi connectivity index (χ1v) is 15.3. The van der Waals surface area contributed by atoms with Gasteiger partial charge in [-0.1, -0.05) is 0 Å². The van der Waals surface area contributed by atoms with Gasteiger partial charge in [-0.15, -0.1) is 0 Å². The molecule has 0 spiro atoms. The van der Waals surface area contributed by atoms with Crippen LogP contribution in [-0.4, -0.2) is 46.2 Å². The monoisotopic (exact) mass is 525 g/mol. The molecule has 0 atom stereocenters. The summed E-state index contributed by atoms with van der Waals surface area (Å²) in [6, 6.07) is 0. The molecule has 34 heavy (non-hydrogen) atoms. The Balaban J connectivity index is 1.56. The topological polar surface area (TPSA) is 58.6 Å². The summed E-state index contributed by atoms with van der Waals surface area (Å²) >= 11 is -1.11. The van der Waals surface area contributed by atoms with Crippen LogP contribution in [-0.2, 0) is 27.0 Å². The van der Waals surface area contributed by atoms with Crippen LogP contribution in [0.3, 0.4) is 0 Å². The molecule has 0 aromatic carbocycles. The van der Waals surface area contributed by atoms with Gasteiger partial charge in [0.15, 0.2) is 0 Å². The summed E-state index contributed by atoms with van der Waals surface area (Å²) < 4.78 is 18.8. The van der Waals surface area contributed by atoms with Crippen molar-refractivity contribution in [3.8, 4) is 0 Å². The molecule has 5 nitrogen and oxygen atoms in total. The molecule has 0 radical (unpaired) electrons. The molecule has 0 bridgehead atoms. The molecule has 0 aromatic rings. The zero-order chi connectivity index (χ0) is 25.8. The van der Waals surface area contributed by atoms with Gasteiger partial charge in [0.05, 0.1) is 0 Å². The first kappa shape index (κ1) is 29.9. The van der Waals surface area contributed by atoms with Crippen molar-refractivity contribution in [2.45, 2.75) is 164 Å². The number of carbonyl (C=O) groups excluding carboxylic acids is 1. The Bertz CT molecular complexity index is 668. The molecule has 0 amide bonds. The number of nitrogens with one attached hydrogen (secondary N) is 1. The molecular formula is C28H54CoN2O3. The van der Waals surface area contributed by atoms with Crippen molar-refractivity contribution >= 4 is 5.97 Å². The summed E-state index contributed by atoms with van der Waals surface area (Å²) in [6.45, 7) is 17.9. The number of likely N-dealkylation sites (tertiary alicyclic amines) is 1. The molecule has 2 aliphatic heterocycles. The number of esters is 1. The van der Waals surface area contributed by atoms with Crippen LogP contribution >= 0.6 is 0 Å². The molecule has 0 aliphatic carbocycles. The maximum absolute atomic E-state index is 13.0. The predicted molar refractivity (Wildman–Crippen MR) is 137 cm³/mol. The van der Waals surface area contributed by atoms with Gasteiger partial charge in [0.1, 0.15) is 0 Å². The fraction of sp³-hybridized carbons (Fsp3) is 0.964. The van der Waals surface area contributed by atoms with E-state index in [1.165, 1.54) is 6.42 Å². The van der Waals surface area contributed by atoms with Crippen molar-refractivity contribution < 1.29 is 27.0 Å². The van der Waals surface area contributed by atoms with Gasteiger partial charge in [-0.2, -0.15) is 0 Å². The summed E-state index contributed by atoms with van der Waals surface area (Å²) in [4.78, 5) is 15.1. The number of unbranched alkanes of at least 4 members (excludes halogenated alkanes) is 5. The quantitative estimate of drug-likeness (QED) is 0.232. The van der Waals surface area contributed by atoms with E-state index in [-0.39, 0.29) is 34.2 Å². The second-order valence-corrected chi connectivity index (χ2v) is 15.8. The third-order valence-corrected chi connectivity index (χ3v) is 10.2. The third-order valence-electron chi connectivity index (χ3n) is 7.91. The summed E-state index contributed by atoms with van der Waals surface area (Å²) in [5, 5.41) is 4.50. The van der Waals surface area contributed by atoms with Crippen molar-refractivity contribution in [3.05, 3.63) is 0 Å². The van der Waals surface area contributed by atoms with Gasteiger partial charge in [0, 0.05) is 11.1 Å². The van der Waals surface area contributed by atoms with E-state index in [1.54, 1.807) is 0 Å². The van der Waals surface area contributed by atoms with E-state index in [1.807, 2.05) is 0 Å². The van der Waals surface area contributed by atoms with E-state index in [0.717, 1.165) is 63.1 Å². The second-order valence-electron chi connectivity index (χ2n) is 13.4. The maximum atomic E-state index is 13.0. The van der Waals surface area contributed by atoms with E-state index >= 15 is 0 Å². The van der Waals surface area contributed by atoms with E-state index < -0.39 is 13.6 Å².